The molecule has 31 heavy (non-hydrogen) atoms. The number of halogens is 1. The van der Waals surface area contributed by atoms with Crippen LogP contribution in [0.25, 0.3) is 0 Å². The molecule has 0 heterocycles. The quantitative estimate of drug-likeness (QED) is 0.298. The minimum atomic E-state index is -0.853. The van der Waals surface area contributed by atoms with Crippen molar-refractivity contribution in [2.24, 2.45) is 5.10 Å². The summed E-state index contributed by atoms with van der Waals surface area (Å²) in [7, 11) is 0. The fourth-order valence-corrected chi connectivity index (χ4v) is 3.03. The van der Waals surface area contributed by atoms with Gasteiger partial charge in [0.15, 0.2) is 0 Å². The molecule has 3 aromatic rings. The first-order chi connectivity index (χ1) is 14.9. The Morgan fingerprint density at radius 3 is 2.39 bits per heavy atom. The molecule has 0 spiro atoms. The lowest BCUT2D eigenvalue weighted by Crippen LogP contribution is -2.39. The minimum absolute atomic E-state index is 0.304. The maximum Gasteiger partial charge on any atom is 0.329 e. The van der Waals surface area contributed by atoms with E-state index in [0.717, 1.165) is 22.5 Å². The first kappa shape index (κ1) is 22.1. The Kier molecular flexibility index (Phi) is 7.40. The normalized spacial score (nSPS) is 11.7. The summed E-state index contributed by atoms with van der Waals surface area (Å²) in [6.07, 6.45) is 1.44. The van der Waals surface area contributed by atoms with Crippen molar-refractivity contribution in [3.63, 3.8) is 0 Å². The van der Waals surface area contributed by atoms with Crippen molar-refractivity contribution in [1.82, 2.24) is 10.7 Å². The van der Waals surface area contributed by atoms with E-state index in [1.807, 2.05) is 67.6 Å². The van der Waals surface area contributed by atoms with Gasteiger partial charge in [0.05, 0.1) is 12.3 Å². The predicted octanol–water partition coefficient (Wildman–Crippen LogP) is 4.72. The van der Waals surface area contributed by atoms with Crippen molar-refractivity contribution in [3.05, 3.63) is 94.5 Å². The molecule has 3 N–H and O–H groups in total. The lowest BCUT2D eigenvalue weighted by Gasteiger charge is -2.13. The highest BCUT2D eigenvalue weighted by Crippen LogP contribution is 2.23. The maximum absolute atomic E-state index is 12.1. The number of hydrazone groups is 1. The van der Waals surface area contributed by atoms with Gasteiger partial charge in [0.25, 0.3) is 0 Å². The third kappa shape index (κ3) is 6.42. The summed E-state index contributed by atoms with van der Waals surface area (Å²) in [5, 5.41) is 10.4. The summed E-state index contributed by atoms with van der Waals surface area (Å²) in [6.45, 7) is 3.82. The Morgan fingerprint density at radius 2 is 1.68 bits per heavy atom. The highest BCUT2D eigenvalue weighted by Gasteiger charge is 2.16. The van der Waals surface area contributed by atoms with Crippen LogP contribution in [0.4, 0.5) is 11.4 Å². The van der Waals surface area contributed by atoms with Crippen LogP contribution in [-0.4, -0.2) is 18.0 Å². The standard InChI is InChI=1S/C24H23ClN4O2/c1-16-8-11-21(12-9-16)28-22-13-10-20(25)14-19(22)15-26-29-24(31)23(30)27-17(2)18-6-4-3-5-7-18/h3-15,17,28H,1-2H3,(H,27,30)(H,29,31)/b26-15-/t17-/m1/s1. The van der Waals surface area contributed by atoms with Gasteiger partial charge in [0.1, 0.15) is 0 Å². The summed E-state index contributed by atoms with van der Waals surface area (Å²) >= 11 is 6.11. The molecule has 0 saturated carbocycles. The van der Waals surface area contributed by atoms with Crippen molar-refractivity contribution < 1.29 is 9.59 Å². The number of anilines is 2. The van der Waals surface area contributed by atoms with Gasteiger partial charge in [-0.15, -0.1) is 0 Å². The zero-order chi connectivity index (χ0) is 22.2. The lowest BCUT2D eigenvalue weighted by molar-refractivity contribution is -0.139. The van der Waals surface area contributed by atoms with Gasteiger partial charge >= 0.3 is 11.8 Å². The number of hydrogen-bond acceptors (Lipinski definition) is 4. The summed E-state index contributed by atoms with van der Waals surface area (Å²) < 4.78 is 0. The number of carbonyl (C=O) groups excluding carboxylic acids is 2. The van der Waals surface area contributed by atoms with E-state index in [1.54, 1.807) is 19.1 Å². The molecule has 3 rings (SSSR count). The Hall–Kier alpha value is -3.64. The monoisotopic (exact) mass is 434 g/mol. The molecular weight excluding hydrogens is 412 g/mol. The molecule has 2 amide bonds. The summed E-state index contributed by atoms with van der Waals surface area (Å²) in [6, 6.07) is 22.3. The van der Waals surface area contributed by atoms with Crippen molar-refractivity contribution in [3.8, 4) is 0 Å². The molecule has 6 nitrogen and oxygen atoms in total. The van der Waals surface area contributed by atoms with E-state index in [0.29, 0.717) is 10.6 Å². The Bertz CT molecular complexity index is 1080. The van der Waals surface area contributed by atoms with Crippen LogP contribution in [0.3, 0.4) is 0 Å². The average Bonchev–Trinajstić information content (AvgIpc) is 2.77. The number of hydrogen-bond donors (Lipinski definition) is 3. The van der Waals surface area contributed by atoms with Crippen LogP contribution in [0.15, 0.2) is 77.9 Å². The molecule has 0 saturated heterocycles. The van der Waals surface area contributed by atoms with E-state index < -0.39 is 11.8 Å². The van der Waals surface area contributed by atoms with Crippen LogP contribution in [0.5, 0.6) is 0 Å². The Morgan fingerprint density at radius 1 is 0.968 bits per heavy atom. The van der Waals surface area contributed by atoms with Crippen molar-refractivity contribution in [2.45, 2.75) is 19.9 Å². The molecule has 0 bridgehead atoms. The molecular formula is C24H23ClN4O2. The first-order valence-electron chi connectivity index (χ1n) is 9.74. The van der Waals surface area contributed by atoms with E-state index in [-0.39, 0.29) is 6.04 Å². The van der Waals surface area contributed by atoms with E-state index in [1.165, 1.54) is 6.21 Å². The van der Waals surface area contributed by atoms with Crippen molar-refractivity contribution in [2.75, 3.05) is 5.32 Å². The fraction of sp³-hybridized carbons (Fsp3) is 0.125. The highest BCUT2D eigenvalue weighted by molar-refractivity contribution is 6.35. The van der Waals surface area contributed by atoms with Crippen molar-refractivity contribution >= 4 is 41.0 Å². The van der Waals surface area contributed by atoms with E-state index in [9.17, 15) is 9.59 Å². The van der Waals surface area contributed by atoms with Gasteiger partial charge in [-0.2, -0.15) is 5.10 Å². The SMILES string of the molecule is Cc1ccc(Nc2ccc(Cl)cc2/C=N\NC(=O)C(=O)N[C@H](C)c2ccccc2)cc1. The molecule has 158 valence electrons. The van der Waals surface area contributed by atoms with E-state index in [4.69, 9.17) is 11.6 Å². The van der Waals surface area contributed by atoms with Crippen LogP contribution in [0, 0.1) is 6.92 Å². The second-order valence-electron chi connectivity index (χ2n) is 7.03. The molecule has 0 aliphatic heterocycles. The number of aryl methyl sites for hydroxylation is 1. The van der Waals surface area contributed by atoms with Gasteiger partial charge in [-0.1, -0.05) is 59.6 Å². The van der Waals surface area contributed by atoms with Gasteiger partial charge in [-0.05, 0) is 49.7 Å². The van der Waals surface area contributed by atoms with E-state index >= 15 is 0 Å². The van der Waals surface area contributed by atoms with Crippen LogP contribution in [0.2, 0.25) is 5.02 Å². The molecule has 3 aromatic carbocycles. The molecule has 0 unspecified atom stereocenters. The third-order valence-electron chi connectivity index (χ3n) is 4.57. The molecule has 1 atom stereocenters. The molecule has 0 aliphatic carbocycles. The third-order valence-corrected chi connectivity index (χ3v) is 4.80. The van der Waals surface area contributed by atoms with Gasteiger partial charge in [-0.3, -0.25) is 9.59 Å². The number of benzene rings is 3. The smallest absolute Gasteiger partial charge is 0.329 e. The molecule has 0 radical (unpaired) electrons. The zero-order valence-electron chi connectivity index (χ0n) is 17.2. The number of nitrogens with zero attached hydrogens (tertiary/aromatic N) is 1. The summed E-state index contributed by atoms with van der Waals surface area (Å²) in [5.74, 6) is -1.62. The first-order valence-corrected chi connectivity index (χ1v) is 10.1. The maximum atomic E-state index is 12.1. The van der Waals surface area contributed by atoms with Crippen LogP contribution in [-0.2, 0) is 9.59 Å². The number of rotatable bonds is 6. The van der Waals surface area contributed by atoms with Crippen LogP contribution < -0.4 is 16.1 Å². The van der Waals surface area contributed by atoms with Gasteiger partial charge in [-0.25, -0.2) is 5.43 Å². The number of amides is 2. The second kappa shape index (κ2) is 10.4. The summed E-state index contributed by atoms with van der Waals surface area (Å²) in [4.78, 5) is 24.2. The van der Waals surface area contributed by atoms with Gasteiger partial charge in [0, 0.05) is 22.0 Å². The Balaban J connectivity index is 1.63. The largest absolute Gasteiger partial charge is 0.355 e. The Labute approximate surface area is 186 Å². The molecule has 0 aromatic heterocycles. The number of nitrogens with one attached hydrogen (secondary N) is 3. The predicted molar refractivity (Wildman–Crippen MR) is 125 cm³/mol. The number of carbonyl (C=O) groups is 2. The molecule has 0 aliphatic rings. The second-order valence-corrected chi connectivity index (χ2v) is 7.46. The van der Waals surface area contributed by atoms with Gasteiger partial charge < -0.3 is 10.6 Å². The minimum Gasteiger partial charge on any atom is -0.355 e. The highest BCUT2D eigenvalue weighted by atomic mass is 35.5. The lowest BCUT2D eigenvalue weighted by atomic mass is 10.1. The molecule has 7 heteroatoms. The van der Waals surface area contributed by atoms with Crippen molar-refractivity contribution in [1.29, 1.82) is 0 Å². The zero-order valence-corrected chi connectivity index (χ0v) is 18.0. The average molecular weight is 435 g/mol. The molecule has 0 fully saturated rings. The van der Waals surface area contributed by atoms with Crippen LogP contribution >= 0.6 is 11.6 Å². The topological polar surface area (TPSA) is 82.6 Å². The fourth-order valence-electron chi connectivity index (χ4n) is 2.85. The summed E-state index contributed by atoms with van der Waals surface area (Å²) in [5.41, 5.74) is 6.63. The van der Waals surface area contributed by atoms with E-state index in [2.05, 4.69) is 21.2 Å². The van der Waals surface area contributed by atoms with Gasteiger partial charge in [0.2, 0.25) is 0 Å². The van der Waals surface area contributed by atoms with Crippen LogP contribution in [0.1, 0.15) is 29.7 Å².